The first-order valence-electron chi connectivity index (χ1n) is 10.5. The Morgan fingerprint density at radius 3 is 1.94 bits per heavy atom. The lowest BCUT2D eigenvalue weighted by molar-refractivity contribution is -0.119. The molecular formula is C23H30N2O5S. The molecule has 0 aliphatic rings. The van der Waals surface area contributed by atoms with E-state index in [4.69, 9.17) is 4.74 Å². The van der Waals surface area contributed by atoms with Crippen molar-refractivity contribution in [3.05, 3.63) is 59.2 Å². The lowest BCUT2D eigenvalue weighted by Crippen LogP contribution is -2.30. The number of aryl methyl sites for hydroxylation is 2. The van der Waals surface area contributed by atoms with E-state index in [1.165, 1.54) is 28.6 Å². The van der Waals surface area contributed by atoms with E-state index in [-0.39, 0.29) is 10.5 Å². The van der Waals surface area contributed by atoms with E-state index in [1.54, 1.807) is 13.8 Å². The molecule has 0 heterocycles. The Balaban J connectivity index is 2.03. The highest BCUT2D eigenvalue weighted by Gasteiger charge is 2.22. The molecule has 2 aromatic rings. The lowest BCUT2D eigenvalue weighted by Gasteiger charge is -2.18. The Morgan fingerprint density at radius 2 is 1.45 bits per heavy atom. The molecule has 0 saturated heterocycles. The predicted octanol–water partition coefficient (Wildman–Crippen LogP) is 3.64. The van der Waals surface area contributed by atoms with Crippen LogP contribution in [0.15, 0.2) is 47.4 Å². The number of hydrogen-bond donors (Lipinski definition) is 1. The largest absolute Gasteiger partial charge is 0.452 e. The number of anilines is 1. The van der Waals surface area contributed by atoms with Gasteiger partial charge in [0.15, 0.2) is 6.61 Å². The zero-order valence-electron chi connectivity index (χ0n) is 18.5. The number of ether oxygens (including phenoxy) is 1. The van der Waals surface area contributed by atoms with Gasteiger partial charge in [-0.3, -0.25) is 4.79 Å². The van der Waals surface area contributed by atoms with E-state index in [2.05, 4.69) is 5.32 Å². The van der Waals surface area contributed by atoms with E-state index < -0.39 is 28.5 Å². The Morgan fingerprint density at radius 1 is 0.903 bits per heavy atom. The summed E-state index contributed by atoms with van der Waals surface area (Å²) in [4.78, 5) is 24.7. The number of nitrogens with one attached hydrogen (secondary N) is 1. The minimum atomic E-state index is -3.60. The molecule has 0 bridgehead atoms. The topological polar surface area (TPSA) is 92.8 Å². The molecule has 0 fully saturated rings. The molecule has 0 spiro atoms. The van der Waals surface area contributed by atoms with Crippen molar-refractivity contribution in [1.82, 2.24) is 4.31 Å². The third kappa shape index (κ3) is 5.92. The standard InChI is InChI=1S/C23H30N2O5S/c1-5-17-10-9-11-18(6-2)22(17)24-21(26)16-30-23(27)19-12-14-20(15-13-19)31(28,29)25(7-3)8-4/h9-15H,5-8,16H2,1-4H3,(H,24,26). The summed E-state index contributed by atoms with van der Waals surface area (Å²) in [6.07, 6.45) is 1.54. The molecule has 0 unspecified atom stereocenters. The number of nitrogens with zero attached hydrogens (tertiary/aromatic N) is 1. The number of carbonyl (C=O) groups excluding carboxylic acids is 2. The molecule has 0 saturated carbocycles. The van der Waals surface area contributed by atoms with Crippen LogP contribution in [0, 0.1) is 0 Å². The van der Waals surface area contributed by atoms with E-state index in [0.29, 0.717) is 13.1 Å². The van der Waals surface area contributed by atoms with E-state index in [0.717, 1.165) is 29.7 Å². The fourth-order valence-electron chi connectivity index (χ4n) is 3.27. The van der Waals surface area contributed by atoms with Crippen molar-refractivity contribution in [1.29, 1.82) is 0 Å². The number of para-hydroxylation sites is 1. The Labute approximate surface area is 184 Å². The van der Waals surface area contributed by atoms with Gasteiger partial charge < -0.3 is 10.1 Å². The number of amides is 1. The molecule has 168 valence electrons. The Kier molecular flexibility index (Phi) is 8.76. The maximum absolute atomic E-state index is 12.5. The van der Waals surface area contributed by atoms with Crippen LogP contribution < -0.4 is 5.32 Å². The van der Waals surface area contributed by atoms with Gasteiger partial charge in [0, 0.05) is 18.8 Å². The first-order valence-corrected chi connectivity index (χ1v) is 11.9. The first kappa shape index (κ1) is 24.6. The quantitative estimate of drug-likeness (QED) is 0.563. The lowest BCUT2D eigenvalue weighted by atomic mass is 10.0. The fraction of sp³-hybridized carbons (Fsp3) is 0.391. The number of esters is 1. The summed E-state index contributed by atoms with van der Waals surface area (Å²) in [7, 11) is -3.60. The number of benzene rings is 2. The van der Waals surface area contributed by atoms with Crippen molar-refractivity contribution < 1.29 is 22.7 Å². The summed E-state index contributed by atoms with van der Waals surface area (Å²) in [6.45, 7) is 7.83. The van der Waals surface area contributed by atoms with E-state index in [9.17, 15) is 18.0 Å². The van der Waals surface area contributed by atoms with Gasteiger partial charge in [0.1, 0.15) is 0 Å². The van der Waals surface area contributed by atoms with Crippen molar-refractivity contribution in [3.63, 3.8) is 0 Å². The monoisotopic (exact) mass is 446 g/mol. The zero-order chi connectivity index (χ0) is 23.0. The SMILES string of the molecule is CCc1cccc(CC)c1NC(=O)COC(=O)c1ccc(S(=O)(=O)N(CC)CC)cc1. The second kappa shape index (κ2) is 11.1. The minimum absolute atomic E-state index is 0.105. The van der Waals surface area contributed by atoms with Gasteiger partial charge in [-0.1, -0.05) is 45.9 Å². The van der Waals surface area contributed by atoms with Crippen LogP contribution in [-0.4, -0.2) is 44.3 Å². The summed E-state index contributed by atoms with van der Waals surface area (Å²) in [5.74, 6) is -1.12. The van der Waals surface area contributed by atoms with Gasteiger partial charge in [-0.05, 0) is 48.2 Å². The summed E-state index contributed by atoms with van der Waals surface area (Å²) in [5, 5.41) is 2.84. The molecule has 31 heavy (non-hydrogen) atoms. The first-order chi connectivity index (χ1) is 14.8. The molecular weight excluding hydrogens is 416 g/mol. The van der Waals surface area contributed by atoms with Crippen molar-refractivity contribution in [3.8, 4) is 0 Å². The maximum atomic E-state index is 12.5. The van der Waals surface area contributed by atoms with Gasteiger partial charge in [-0.25, -0.2) is 13.2 Å². The molecule has 0 radical (unpaired) electrons. The third-order valence-electron chi connectivity index (χ3n) is 5.03. The predicted molar refractivity (Wildman–Crippen MR) is 121 cm³/mol. The maximum Gasteiger partial charge on any atom is 0.338 e. The summed E-state index contributed by atoms with van der Waals surface area (Å²) >= 11 is 0. The van der Waals surface area contributed by atoms with E-state index in [1.807, 2.05) is 32.0 Å². The molecule has 7 nitrogen and oxygen atoms in total. The fourth-order valence-corrected chi connectivity index (χ4v) is 4.73. The van der Waals surface area contributed by atoms with Crippen molar-refractivity contribution in [2.24, 2.45) is 0 Å². The highest BCUT2D eigenvalue weighted by molar-refractivity contribution is 7.89. The van der Waals surface area contributed by atoms with Crippen LogP contribution in [0.25, 0.3) is 0 Å². The van der Waals surface area contributed by atoms with Crippen molar-refractivity contribution in [2.75, 3.05) is 25.0 Å². The normalized spacial score (nSPS) is 11.4. The number of carbonyl (C=O) groups is 2. The molecule has 2 rings (SSSR count). The number of hydrogen-bond acceptors (Lipinski definition) is 5. The van der Waals surface area contributed by atoms with Crippen LogP contribution in [0.5, 0.6) is 0 Å². The summed E-state index contributed by atoms with van der Waals surface area (Å²) in [6, 6.07) is 11.4. The van der Waals surface area contributed by atoms with Crippen LogP contribution in [-0.2, 0) is 32.4 Å². The minimum Gasteiger partial charge on any atom is -0.452 e. The van der Waals surface area contributed by atoms with E-state index >= 15 is 0 Å². The smallest absolute Gasteiger partial charge is 0.338 e. The van der Waals surface area contributed by atoms with Gasteiger partial charge in [-0.2, -0.15) is 4.31 Å². The van der Waals surface area contributed by atoms with Crippen LogP contribution >= 0.6 is 0 Å². The molecule has 0 aromatic heterocycles. The Bertz CT molecular complexity index is 991. The summed E-state index contributed by atoms with van der Waals surface area (Å²) < 4.78 is 31.5. The average molecular weight is 447 g/mol. The molecule has 0 aliphatic heterocycles. The van der Waals surface area contributed by atoms with Gasteiger partial charge >= 0.3 is 5.97 Å². The second-order valence-electron chi connectivity index (χ2n) is 6.90. The average Bonchev–Trinajstić information content (AvgIpc) is 2.78. The molecule has 8 heteroatoms. The van der Waals surface area contributed by atoms with Gasteiger partial charge in [0.2, 0.25) is 10.0 Å². The van der Waals surface area contributed by atoms with Crippen LogP contribution in [0.1, 0.15) is 49.2 Å². The molecule has 0 atom stereocenters. The van der Waals surface area contributed by atoms with Crippen LogP contribution in [0.2, 0.25) is 0 Å². The molecule has 1 amide bonds. The van der Waals surface area contributed by atoms with Gasteiger partial charge in [0.05, 0.1) is 10.5 Å². The zero-order valence-corrected chi connectivity index (χ0v) is 19.3. The highest BCUT2D eigenvalue weighted by Crippen LogP contribution is 2.22. The Hall–Kier alpha value is -2.71. The number of sulfonamides is 1. The van der Waals surface area contributed by atoms with Gasteiger partial charge in [0.25, 0.3) is 5.91 Å². The third-order valence-corrected chi connectivity index (χ3v) is 7.09. The molecule has 2 aromatic carbocycles. The second-order valence-corrected chi connectivity index (χ2v) is 8.83. The molecule has 0 aliphatic carbocycles. The van der Waals surface area contributed by atoms with Crippen molar-refractivity contribution >= 4 is 27.6 Å². The highest BCUT2D eigenvalue weighted by atomic mass is 32.2. The van der Waals surface area contributed by atoms with Crippen molar-refractivity contribution in [2.45, 2.75) is 45.4 Å². The van der Waals surface area contributed by atoms with Crippen LogP contribution in [0.4, 0.5) is 5.69 Å². The van der Waals surface area contributed by atoms with Crippen LogP contribution in [0.3, 0.4) is 0 Å². The molecule has 1 N–H and O–H groups in total. The van der Waals surface area contributed by atoms with Gasteiger partial charge in [-0.15, -0.1) is 0 Å². The summed E-state index contributed by atoms with van der Waals surface area (Å²) in [5.41, 5.74) is 2.97. The number of rotatable bonds is 10.